The molecule has 0 bridgehead atoms. The molecule has 0 radical (unpaired) electrons. The van der Waals surface area contributed by atoms with E-state index in [2.05, 4.69) is 26.8 Å². The van der Waals surface area contributed by atoms with Gasteiger partial charge in [-0.2, -0.15) is 0 Å². The summed E-state index contributed by atoms with van der Waals surface area (Å²) in [5.41, 5.74) is 5.90. The second-order valence-electron chi connectivity index (χ2n) is 5.74. The summed E-state index contributed by atoms with van der Waals surface area (Å²) in [6.07, 6.45) is 0. The summed E-state index contributed by atoms with van der Waals surface area (Å²) in [7, 11) is 0. The Labute approximate surface area is 172 Å². The minimum absolute atomic E-state index is 0.227. The Balaban J connectivity index is 1.83. The van der Waals surface area contributed by atoms with Crippen molar-refractivity contribution in [2.75, 3.05) is 26.4 Å². The van der Waals surface area contributed by atoms with Crippen molar-refractivity contribution in [1.82, 2.24) is 10.9 Å². The molecule has 0 atom stereocenters. The minimum Gasteiger partial charge on any atom is -0.490 e. The highest BCUT2D eigenvalue weighted by Gasteiger charge is 2.13. The van der Waals surface area contributed by atoms with Gasteiger partial charge in [-0.05, 0) is 49.7 Å². The van der Waals surface area contributed by atoms with Crippen LogP contribution in [0.15, 0.2) is 46.9 Å². The molecule has 2 rings (SSSR count). The van der Waals surface area contributed by atoms with Gasteiger partial charge < -0.3 is 14.2 Å². The lowest BCUT2D eigenvalue weighted by Crippen LogP contribution is -2.44. The number of amides is 2. The Morgan fingerprint density at radius 1 is 1.00 bits per heavy atom. The number of ether oxygens (including phenoxy) is 3. The van der Waals surface area contributed by atoms with E-state index in [-0.39, 0.29) is 6.61 Å². The van der Waals surface area contributed by atoms with E-state index >= 15 is 0 Å². The van der Waals surface area contributed by atoms with E-state index in [1.807, 2.05) is 26.0 Å². The number of carbonyl (C=O) groups excluding carboxylic acids is 2. The van der Waals surface area contributed by atoms with E-state index < -0.39 is 11.8 Å². The van der Waals surface area contributed by atoms with Crippen LogP contribution in [0.1, 0.15) is 22.8 Å². The standard InChI is InChI=1S/C20H23BrN2O5/c1-3-26-10-11-27-18-7-5-4-6-16(18)20(25)23-22-19(24)13-28-17-9-8-15(21)12-14(17)2/h4-9,12H,3,10-11,13H2,1-2H3,(H,22,24)(H,23,25). The number of rotatable bonds is 9. The largest absolute Gasteiger partial charge is 0.490 e. The van der Waals surface area contributed by atoms with E-state index in [9.17, 15) is 9.59 Å². The van der Waals surface area contributed by atoms with Crippen LogP contribution < -0.4 is 20.3 Å². The van der Waals surface area contributed by atoms with Crippen molar-refractivity contribution in [1.29, 1.82) is 0 Å². The van der Waals surface area contributed by atoms with Crippen molar-refractivity contribution >= 4 is 27.7 Å². The van der Waals surface area contributed by atoms with Crippen LogP contribution in [0.2, 0.25) is 0 Å². The smallest absolute Gasteiger partial charge is 0.276 e. The van der Waals surface area contributed by atoms with Gasteiger partial charge >= 0.3 is 0 Å². The quantitative estimate of drug-likeness (QED) is 0.452. The molecule has 2 aromatic carbocycles. The third-order valence-electron chi connectivity index (χ3n) is 3.63. The van der Waals surface area contributed by atoms with Crippen molar-refractivity contribution in [3.8, 4) is 11.5 Å². The van der Waals surface area contributed by atoms with Gasteiger partial charge in [-0.3, -0.25) is 20.4 Å². The number of nitrogens with one attached hydrogen (secondary N) is 2. The van der Waals surface area contributed by atoms with Gasteiger partial charge in [0.1, 0.15) is 18.1 Å². The van der Waals surface area contributed by atoms with Crippen LogP contribution in [0, 0.1) is 6.92 Å². The fourth-order valence-electron chi connectivity index (χ4n) is 2.28. The Kier molecular flexibility index (Phi) is 8.77. The van der Waals surface area contributed by atoms with Gasteiger partial charge in [-0.1, -0.05) is 28.1 Å². The number of hydrazine groups is 1. The molecule has 0 spiro atoms. The second-order valence-corrected chi connectivity index (χ2v) is 6.66. The summed E-state index contributed by atoms with van der Waals surface area (Å²) < 4.78 is 17.2. The topological polar surface area (TPSA) is 85.9 Å². The first kappa shape index (κ1) is 21.7. The van der Waals surface area contributed by atoms with Crippen LogP contribution in [0.25, 0.3) is 0 Å². The number of halogens is 1. The molecular weight excluding hydrogens is 428 g/mol. The highest BCUT2D eigenvalue weighted by molar-refractivity contribution is 9.10. The molecule has 28 heavy (non-hydrogen) atoms. The molecule has 0 fully saturated rings. The Morgan fingerprint density at radius 3 is 2.54 bits per heavy atom. The molecule has 0 aliphatic heterocycles. The Morgan fingerprint density at radius 2 is 1.79 bits per heavy atom. The number of aryl methyl sites for hydroxylation is 1. The normalized spacial score (nSPS) is 10.2. The molecule has 0 saturated heterocycles. The van der Waals surface area contributed by atoms with Gasteiger partial charge in [0.05, 0.1) is 12.2 Å². The molecule has 2 aromatic rings. The Hall–Kier alpha value is -2.58. The van der Waals surface area contributed by atoms with Crippen molar-refractivity contribution in [2.45, 2.75) is 13.8 Å². The van der Waals surface area contributed by atoms with Gasteiger partial charge in [0, 0.05) is 11.1 Å². The van der Waals surface area contributed by atoms with Gasteiger partial charge in [0.25, 0.3) is 11.8 Å². The molecule has 150 valence electrons. The van der Waals surface area contributed by atoms with Crippen molar-refractivity contribution in [2.24, 2.45) is 0 Å². The van der Waals surface area contributed by atoms with Crippen LogP contribution in [0.5, 0.6) is 11.5 Å². The van der Waals surface area contributed by atoms with Crippen molar-refractivity contribution in [3.63, 3.8) is 0 Å². The Bertz CT molecular complexity index is 813. The third kappa shape index (κ3) is 6.86. The average Bonchev–Trinajstić information content (AvgIpc) is 2.69. The van der Waals surface area contributed by atoms with E-state index in [4.69, 9.17) is 14.2 Å². The van der Waals surface area contributed by atoms with E-state index in [1.165, 1.54) is 0 Å². The van der Waals surface area contributed by atoms with Gasteiger partial charge in [0.2, 0.25) is 0 Å². The van der Waals surface area contributed by atoms with Crippen molar-refractivity contribution < 1.29 is 23.8 Å². The summed E-state index contributed by atoms with van der Waals surface area (Å²) >= 11 is 3.37. The lowest BCUT2D eigenvalue weighted by Gasteiger charge is -2.13. The van der Waals surface area contributed by atoms with Crippen LogP contribution in [0.3, 0.4) is 0 Å². The zero-order valence-electron chi connectivity index (χ0n) is 15.8. The third-order valence-corrected chi connectivity index (χ3v) is 4.13. The fourth-order valence-corrected chi connectivity index (χ4v) is 2.76. The molecule has 0 aliphatic carbocycles. The zero-order valence-corrected chi connectivity index (χ0v) is 17.4. The van der Waals surface area contributed by atoms with E-state index in [1.54, 1.807) is 30.3 Å². The first-order valence-corrected chi connectivity index (χ1v) is 9.58. The lowest BCUT2D eigenvalue weighted by atomic mass is 10.2. The molecule has 2 amide bonds. The van der Waals surface area contributed by atoms with E-state index in [0.717, 1.165) is 10.0 Å². The molecule has 0 saturated carbocycles. The van der Waals surface area contributed by atoms with Crippen LogP contribution in [-0.2, 0) is 9.53 Å². The molecule has 7 nitrogen and oxygen atoms in total. The first-order valence-electron chi connectivity index (χ1n) is 8.79. The molecule has 0 unspecified atom stereocenters. The summed E-state index contributed by atoms with van der Waals surface area (Å²) in [6, 6.07) is 12.2. The summed E-state index contributed by atoms with van der Waals surface area (Å²) in [6.45, 7) is 4.89. The van der Waals surface area contributed by atoms with Crippen LogP contribution in [-0.4, -0.2) is 38.2 Å². The SMILES string of the molecule is CCOCCOc1ccccc1C(=O)NNC(=O)COc1ccc(Br)cc1C. The molecule has 8 heteroatoms. The lowest BCUT2D eigenvalue weighted by molar-refractivity contribution is -0.123. The molecule has 0 heterocycles. The number of carbonyl (C=O) groups is 2. The zero-order chi connectivity index (χ0) is 20.4. The summed E-state index contributed by atoms with van der Waals surface area (Å²) in [5, 5.41) is 0. The highest BCUT2D eigenvalue weighted by Crippen LogP contribution is 2.22. The maximum Gasteiger partial charge on any atom is 0.276 e. The number of hydrogen-bond acceptors (Lipinski definition) is 5. The highest BCUT2D eigenvalue weighted by atomic mass is 79.9. The number of benzene rings is 2. The fraction of sp³-hybridized carbons (Fsp3) is 0.300. The van der Waals surface area contributed by atoms with Crippen LogP contribution >= 0.6 is 15.9 Å². The predicted molar refractivity (Wildman–Crippen MR) is 108 cm³/mol. The molecular formula is C20H23BrN2O5. The molecule has 0 aliphatic rings. The molecule has 0 aromatic heterocycles. The van der Waals surface area contributed by atoms with E-state index in [0.29, 0.717) is 36.9 Å². The molecule has 2 N–H and O–H groups in total. The maximum absolute atomic E-state index is 12.3. The minimum atomic E-state index is -0.486. The van der Waals surface area contributed by atoms with Gasteiger partial charge in [-0.25, -0.2) is 0 Å². The average molecular weight is 451 g/mol. The van der Waals surface area contributed by atoms with Gasteiger partial charge in [-0.15, -0.1) is 0 Å². The first-order chi connectivity index (χ1) is 13.5. The monoisotopic (exact) mass is 450 g/mol. The van der Waals surface area contributed by atoms with Crippen LogP contribution in [0.4, 0.5) is 0 Å². The number of para-hydroxylation sites is 1. The summed E-state index contributed by atoms with van der Waals surface area (Å²) in [5.74, 6) is 0.0407. The van der Waals surface area contributed by atoms with Gasteiger partial charge in [0.15, 0.2) is 6.61 Å². The maximum atomic E-state index is 12.3. The second kappa shape index (κ2) is 11.3. The predicted octanol–water partition coefficient (Wildman–Crippen LogP) is 3.01. The summed E-state index contributed by atoms with van der Waals surface area (Å²) in [4.78, 5) is 24.3. The number of hydrogen-bond donors (Lipinski definition) is 2. The van der Waals surface area contributed by atoms with Crippen molar-refractivity contribution in [3.05, 3.63) is 58.1 Å².